The van der Waals surface area contributed by atoms with E-state index in [1.807, 2.05) is 13.8 Å². The van der Waals surface area contributed by atoms with Crippen molar-refractivity contribution in [2.45, 2.75) is 32.5 Å². The summed E-state index contributed by atoms with van der Waals surface area (Å²) in [5.41, 5.74) is 0.938. The monoisotopic (exact) mass is 434 g/mol. The average Bonchev–Trinajstić information content (AvgIpc) is 2.70. The van der Waals surface area contributed by atoms with Gasteiger partial charge in [0.05, 0.1) is 11.6 Å². The Morgan fingerprint density at radius 2 is 1.93 bits per heavy atom. The number of nitrogens with zero attached hydrogens (tertiary/aromatic N) is 3. The predicted octanol–water partition coefficient (Wildman–Crippen LogP) is 3.11. The Bertz CT molecular complexity index is 925. The summed E-state index contributed by atoms with van der Waals surface area (Å²) < 4.78 is 13.1. The molecule has 2 atom stereocenters. The van der Waals surface area contributed by atoms with Crippen molar-refractivity contribution in [3.63, 3.8) is 0 Å². The Morgan fingerprint density at radius 1 is 1.23 bits per heavy atom. The minimum atomic E-state index is -1.17. The van der Waals surface area contributed by atoms with Crippen LogP contribution >= 0.6 is 11.6 Å². The van der Waals surface area contributed by atoms with Crippen molar-refractivity contribution in [2.24, 2.45) is 0 Å². The molecular weight excluding hydrogens is 411 g/mol. The second-order valence-corrected chi connectivity index (χ2v) is 7.94. The third-order valence-corrected chi connectivity index (χ3v) is 5.43. The van der Waals surface area contributed by atoms with Crippen LogP contribution in [0.4, 0.5) is 10.2 Å². The van der Waals surface area contributed by atoms with Gasteiger partial charge in [0.25, 0.3) is 0 Å². The fourth-order valence-corrected chi connectivity index (χ4v) is 3.75. The maximum atomic E-state index is 13.1. The van der Waals surface area contributed by atoms with Gasteiger partial charge in [0.1, 0.15) is 17.2 Å². The molecule has 0 saturated carbocycles. The highest BCUT2D eigenvalue weighted by Gasteiger charge is 2.31. The van der Waals surface area contributed by atoms with Crippen molar-refractivity contribution in [3.8, 4) is 0 Å². The number of amides is 1. The van der Waals surface area contributed by atoms with Gasteiger partial charge in [0, 0.05) is 37.9 Å². The number of halogens is 2. The molecule has 0 aliphatic carbocycles. The Labute approximate surface area is 179 Å². The smallest absolute Gasteiger partial charge is 0.339 e. The van der Waals surface area contributed by atoms with Crippen LogP contribution in [0, 0.1) is 5.82 Å². The van der Waals surface area contributed by atoms with Crippen molar-refractivity contribution in [3.05, 3.63) is 58.5 Å². The van der Waals surface area contributed by atoms with Crippen LogP contribution in [-0.4, -0.2) is 63.5 Å². The molecule has 2 N–H and O–H groups in total. The molecular formula is C21H24ClFN4O3. The number of pyridine rings is 1. The second-order valence-electron chi connectivity index (χ2n) is 7.51. The highest BCUT2D eigenvalue weighted by Crippen LogP contribution is 2.20. The molecule has 2 aromatic rings. The number of carbonyl (C=O) groups is 2. The van der Waals surface area contributed by atoms with Crippen LogP contribution in [0.1, 0.15) is 29.8 Å². The summed E-state index contributed by atoms with van der Waals surface area (Å²) in [7, 11) is 0. The SMILES string of the molecule is CC1CN(C(=O)CNc2ncc(Cl)cc2C(=O)O)C(C)CN1Cc1ccc(F)cc1. The van der Waals surface area contributed by atoms with Gasteiger partial charge < -0.3 is 15.3 Å². The largest absolute Gasteiger partial charge is 0.478 e. The summed E-state index contributed by atoms with van der Waals surface area (Å²) in [6, 6.07) is 7.84. The number of benzene rings is 1. The van der Waals surface area contributed by atoms with E-state index >= 15 is 0 Å². The third-order valence-electron chi connectivity index (χ3n) is 5.23. The first-order valence-corrected chi connectivity index (χ1v) is 10.0. The van der Waals surface area contributed by atoms with E-state index in [2.05, 4.69) is 15.2 Å². The van der Waals surface area contributed by atoms with Gasteiger partial charge in [0.2, 0.25) is 5.91 Å². The lowest BCUT2D eigenvalue weighted by Crippen LogP contribution is -2.58. The van der Waals surface area contributed by atoms with Gasteiger partial charge >= 0.3 is 5.97 Å². The summed E-state index contributed by atoms with van der Waals surface area (Å²) in [6.07, 6.45) is 1.33. The molecule has 0 radical (unpaired) electrons. The van der Waals surface area contributed by atoms with Crippen molar-refractivity contribution in [1.82, 2.24) is 14.8 Å². The first-order chi connectivity index (χ1) is 14.2. The first kappa shape index (κ1) is 22.0. The van der Waals surface area contributed by atoms with Gasteiger partial charge in [-0.1, -0.05) is 23.7 Å². The van der Waals surface area contributed by atoms with Crippen LogP contribution in [0.15, 0.2) is 36.5 Å². The quantitative estimate of drug-likeness (QED) is 0.726. The summed E-state index contributed by atoms with van der Waals surface area (Å²) >= 11 is 5.81. The standard InChI is InChI=1S/C21H24ClFN4O3/c1-13-11-27(14(2)10-26(13)12-15-3-5-17(23)6-4-15)19(28)9-25-20-18(21(29)30)7-16(22)8-24-20/h3-8,13-14H,9-12H2,1-2H3,(H,24,25)(H,29,30). The van der Waals surface area contributed by atoms with E-state index in [0.29, 0.717) is 19.6 Å². The van der Waals surface area contributed by atoms with Gasteiger partial charge in [0.15, 0.2) is 0 Å². The number of hydrogen-bond donors (Lipinski definition) is 2. The maximum absolute atomic E-state index is 13.1. The summed E-state index contributed by atoms with van der Waals surface area (Å²) in [5, 5.41) is 12.3. The molecule has 0 spiro atoms. The number of aromatic carboxylic acids is 1. The summed E-state index contributed by atoms with van der Waals surface area (Å²) in [4.78, 5) is 32.2. The fraction of sp³-hybridized carbons (Fsp3) is 0.381. The second kappa shape index (κ2) is 9.40. The molecule has 1 aromatic heterocycles. The van der Waals surface area contributed by atoms with E-state index in [0.717, 1.165) is 5.56 Å². The minimum absolute atomic E-state index is 0.0203. The van der Waals surface area contributed by atoms with Crippen LogP contribution in [0.2, 0.25) is 5.02 Å². The molecule has 2 heterocycles. The molecule has 30 heavy (non-hydrogen) atoms. The van der Waals surface area contributed by atoms with Crippen molar-refractivity contribution < 1.29 is 19.1 Å². The molecule has 2 unspecified atom stereocenters. The normalized spacial score (nSPS) is 19.5. The van der Waals surface area contributed by atoms with E-state index in [-0.39, 0.29) is 46.8 Å². The van der Waals surface area contributed by atoms with E-state index < -0.39 is 5.97 Å². The molecule has 3 rings (SSSR count). The number of rotatable bonds is 6. The van der Waals surface area contributed by atoms with Gasteiger partial charge in [-0.2, -0.15) is 0 Å². The van der Waals surface area contributed by atoms with Gasteiger partial charge in [-0.3, -0.25) is 9.69 Å². The Kier molecular flexibility index (Phi) is 6.89. The van der Waals surface area contributed by atoms with E-state index in [1.54, 1.807) is 17.0 Å². The molecule has 1 amide bonds. The van der Waals surface area contributed by atoms with E-state index in [1.165, 1.54) is 24.4 Å². The Morgan fingerprint density at radius 3 is 2.60 bits per heavy atom. The average molecular weight is 435 g/mol. The molecule has 1 aromatic carbocycles. The lowest BCUT2D eigenvalue weighted by molar-refractivity contribution is -0.135. The Balaban J connectivity index is 1.60. The predicted molar refractivity (Wildman–Crippen MR) is 112 cm³/mol. The number of piperazine rings is 1. The first-order valence-electron chi connectivity index (χ1n) is 9.65. The third kappa shape index (κ3) is 5.25. The van der Waals surface area contributed by atoms with E-state index in [9.17, 15) is 19.1 Å². The van der Waals surface area contributed by atoms with Crippen molar-refractivity contribution >= 4 is 29.3 Å². The number of hydrogen-bond acceptors (Lipinski definition) is 5. The van der Waals surface area contributed by atoms with Gasteiger partial charge in [-0.15, -0.1) is 0 Å². The molecule has 0 bridgehead atoms. The lowest BCUT2D eigenvalue weighted by atomic mass is 10.1. The highest BCUT2D eigenvalue weighted by atomic mass is 35.5. The van der Waals surface area contributed by atoms with E-state index in [4.69, 9.17) is 11.6 Å². The number of anilines is 1. The summed E-state index contributed by atoms with van der Waals surface area (Å²) in [5.74, 6) is -1.46. The van der Waals surface area contributed by atoms with Crippen molar-refractivity contribution in [1.29, 1.82) is 0 Å². The molecule has 9 heteroatoms. The van der Waals surface area contributed by atoms with Crippen molar-refractivity contribution in [2.75, 3.05) is 25.0 Å². The summed E-state index contributed by atoms with van der Waals surface area (Å²) in [6.45, 7) is 5.87. The minimum Gasteiger partial charge on any atom is -0.478 e. The fourth-order valence-electron chi connectivity index (χ4n) is 3.59. The van der Waals surface area contributed by atoms with Crippen LogP contribution in [0.3, 0.4) is 0 Å². The molecule has 1 aliphatic rings. The van der Waals surface area contributed by atoms with Crippen LogP contribution in [0.25, 0.3) is 0 Å². The van der Waals surface area contributed by atoms with Gasteiger partial charge in [-0.05, 0) is 37.6 Å². The lowest BCUT2D eigenvalue weighted by Gasteiger charge is -2.44. The number of aromatic nitrogens is 1. The van der Waals surface area contributed by atoms with Gasteiger partial charge in [-0.25, -0.2) is 14.2 Å². The number of carbonyl (C=O) groups excluding carboxylic acids is 1. The molecule has 7 nitrogen and oxygen atoms in total. The molecule has 1 fully saturated rings. The zero-order valence-corrected chi connectivity index (χ0v) is 17.6. The topological polar surface area (TPSA) is 85.8 Å². The Hall–Kier alpha value is -2.71. The zero-order chi connectivity index (χ0) is 21.8. The number of nitrogens with one attached hydrogen (secondary N) is 1. The van der Waals surface area contributed by atoms with Crippen LogP contribution in [0.5, 0.6) is 0 Å². The van der Waals surface area contributed by atoms with Crippen LogP contribution in [-0.2, 0) is 11.3 Å². The molecule has 1 aliphatic heterocycles. The zero-order valence-electron chi connectivity index (χ0n) is 16.8. The maximum Gasteiger partial charge on any atom is 0.339 e. The van der Waals surface area contributed by atoms with Crippen LogP contribution < -0.4 is 5.32 Å². The highest BCUT2D eigenvalue weighted by molar-refractivity contribution is 6.30. The number of carboxylic acids is 1. The molecule has 1 saturated heterocycles. The molecule has 160 valence electrons. The number of carboxylic acid groups (broad SMARTS) is 1.